The maximum absolute atomic E-state index is 3.62. The maximum Gasteiger partial charge on any atom is 0.0205 e. The Kier molecular flexibility index (Phi) is 4.82. The first-order chi connectivity index (χ1) is 8.66. The van der Waals surface area contributed by atoms with E-state index in [1.807, 2.05) is 0 Å². The number of benzene rings is 1. The lowest BCUT2D eigenvalue weighted by Crippen LogP contribution is -2.23. The van der Waals surface area contributed by atoms with Crippen LogP contribution in [0.5, 0.6) is 0 Å². The zero-order chi connectivity index (χ0) is 13.0. The maximum atomic E-state index is 3.62. The molecule has 0 radical (unpaired) electrons. The van der Waals surface area contributed by atoms with Crippen LogP contribution in [0.15, 0.2) is 24.3 Å². The van der Waals surface area contributed by atoms with Gasteiger partial charge >= 0.3 is 0 Å². The second-order valence-electron chi connectivity index (χ2n) is 6.20. The molecule has 1 heteroatoms. The first-order valence-electron chi connectivity index (χ1n) is 7.46. The van der Waals surface area contributed by atoms with Crippen molar-refractivity contribution in [3.05, 3.63) is 35.4 Å². The molecular formula is C17H27N. The molecule has 1 aliphatic rings. The van der Waals surface area contributed by atoms with Crippen molar-refractivity contribution in [2.24, 2.45) is 11.8 Å². The molecule has 1 aromatic rings. The standard InChI is InChI=1S/C17H27N/c1-13(2)16-9-7-15(8-10-16)11-18-12-17-6-4-5-14(17)3/h7-10,13-14,17-18H,4-6,11-12H2,1-3H3. The molecule has 0 heterocycles. The third kappa shape index (κ3) is 3.58. The van der Waals surface area contributed by atoms with E-state index >= 15 is 0 Å². The van der Waals surface area contributed by atoms with Gasteiger partial charge in [-0.3, -0.25) is 0 Å². The van der Waals surface area contributed by atoms with Gasteiger partial charge in [-0.2, -0.15) is 0 Å². The van der Waals surface area contributed by atoms with Gasteiger partial charge in [-0.05, 0) is 41.8 Å². The Labute approximate surface area is 112 Å². The molecule has 0 spiro atoms. The first kappa shape index (κ1) is 13.6. The molecule has 1 fully saturated rings. The molecule has 0 aromatic heterocycles. The van der Waals surface area contributed by atoms with E-state index in [2.05, 4.69) is 50.4 Å². The van der Waals surface area contributed by atoms with E-state index in [4.69, 9.17) is 0 Å². The Morgan fingerprint density at radius 2 is 1.89 bits per heavy atom. The Morgan fingerprint density at radius 3 is 2.44 bits per heavy atom. The lowest BCUT2D eigenvalue weighted by atomic mass is 9.98. The third-order valence-corrected chi connectivity index (χ3v) is 4.42. The minimum absolute atomic E-state index is 0.631. The summed E-state index contributed by atoms with van der Waals surface area (Å²) >= 11 is 0. The van der Waals surface area contributed by atoms with Crippen molar-refractivity contribution >= 4 is 0 Å². The SMILES string of the molecule is CC(C)c1ccc(CNCC2CCCC2C)cc1. The van der Waals surface area contributed by atoms with Gasteiger partial charge in [0.1, 0.15) is 0 Å². The molecular weight excluding hydrogens is 218 g/mol. The van der Waals surface area contributed by atoms with Crippen LogP contribution < -0.4 is 5.32 Å². The van der Waals surface area contributed by atoms with Gasteiger partial charge < -0.3 is 5.32 Å². The summed E-state index contributed by atoms with van der Waals surface area (Å²) in [6.45, 7) is 9.09. The van der Waals surface area contributed by atoms with Crippen LogP contribution in [0, 0.1) is 11.8 Å². The van der Waals surface area contributed by atoms with Crippen LogP contribution in [-0.4, -0.2) is 6.54 Å². The molecule has 100 valence electrons. The van der Waals surface area contributed by atoms with Crippen molar-refractivity contribution in [1.82, 2.24) is 5.32 Å². The molecule has 0 aliphatic heterocycles. The largest absolute Gasteiger partial charge is 0.312 e. The number of hydrogen-bond acceptors (Lipinski definition) is 1. The molecule has 0 saturated heterocycles. The molecule has 2 rings (SSSR count). The zero-order valence-corrected chi connectivity index (χ0v) is 12.1. The average Bonchev–Trinajstić information content (AvgIpc) is 2.76. The molecule has 1 aromatic carbocycles. The highest BCUT2D eigenvalue weighted by atomic mass is 14.9. The summed E-state index contributed by atoms with van der Waals surface area (Å²) in [6, 6.07) is 9.06. The topological polar surface area (TPSA) is 12.0 Å². The van der Waals surface area contributed by atoms with E-state index in [0.29, 0.717) is 5.92 Å². The van der Waals surface area contributed by atoms with E-state index in [-0.39, 0.29) is 0 Å². The fraction of sp³-hybridized carbons (Fsp3) is 0.647. The van der Waals surface area contributed by atoms with Gasteiger partial charge in [0.25, 0.3) is 0 Å². The summed E-state index contributed by atoms with van der Waals surface area (Å²) in [7, 11) is 0. The van der Waals surface area contributed by atoms with Crippen LogP contribution in [0.25, 0.3) is 0 Å². The van der Waals surface area contributed by atoms with Gasteiger partial charge in [0.2, 0.25) is 0 Å². The summed E-state index contributed by atoms with van der Waals surface area (Å²) in [4.78, 5) is 0. The molecule has 1 nitrogen and oxygen atoms in total. The molecule has 2 unspecified atom stereocenters. The Balaban J connectivity index is 1.76. The summed E-state index contributed by atoms with van der Waals surface area (Å²) in [5.41, 5.74) is 2.84. The Morgan fingerprint density at radius 1 is 1.17 bits per heavy atom. The van der Waals surface area contributed by atoms with Crippen molar-refractivity contribution in [2.75, 3.05) is 6.54 Å². The molecule has 1 aliphatic carbocycles. The van der Waals surface area contributed by atoms with E-state index in [1.165, 1.54) is 36.9 Å². The van der Waals surface area contributed by atoms with Gasteiger partial charge in [-0.1, -0.05) is 57.9 Å². The van der Waals surface area contributed by atoms with Gasteiger partial charge in [0, 0.05) is 6.54 Å². The highest BCUT2D eigenvalue weighted by Crippen LogP contribution is 2.30. The molecule has 1 N–H and O–H groups in total. The van der Waals surface area contributed by atoms with Gasteiger partial charge in [0.05, 0.1) is 0 Å². The summed E-state index contributed by atoms with van der Waals surface area (Å²) in [5, 5.41) is 3.62. The molecule has 0 amide bonds. The van der Waals surface area contributed by atoms with Crippen LogP contribution in [0.1, 0.15) is 57.1 Å². The Bertz CT molecular complexity index is 352. The monoisotopic (exact) mass is 245 g/mol. The molecule has 2 atom stereocenters. The fourth-order valence-corrected chi connectivity index (χ4v) is 2.95. The smallest absolute Gasteiger partial charge is 0.0205 e. The van der Waals surface area contributed by atoms with E-state index in [1.54, 1.807) is 0 Å². The number of hydrogen-bond donors (Lipinski definition) is 1. The van der Waals surface area contributed by atoms with Crippen molar-refractivity contribution in [2.45, 2.75) is 52.5 Å². The predicted octanol–water partition coefficient (Wildman–Crippen LogP) is 4.34. The fourth-order valence-electron chi connectivity index (χ4n) is 2.95. The van der Waals surface area contributed by atoms with Crippen LogP contribution in [0.3, 0.4) is 0 Å². The van der Waals surface area contributed by atoms with E-state index in [9.17, 15) is 0 Å². The third-order valence-electron chi connectivity index (χ3n) is 4.42. The minimum atomic E-state index is 0.631. The van der Waals surface area contributed by atoms with Crippen molar-refractivity contribution in [3.63, 3.8) is 0 Å². The quantitative estimate of drug-likeness (QED) is 0.814. The number of nitrogens with one attached hydrogen (secondary N) is 1. The summed E-state index contributed by atoms with van der Waals surface area (Å²) < 4.78 is 0. The van der Waals surface area contributed by atoms with E-state index < -0.39 is 0 Å². The van der Waals surface area contributed by atoms with Crippen LogP contribution in [-0.2, 0) is 6.54 Å². The van der Waals surface area contributed by atoms with Crippen molar-refractivity contribution in [1.29, 1.82) is 0 Å². The molecule has 1 saturated carbocycles. The average molecular weight is 245 g/mol. The van der Waals surface area contributed by atoms with Crippen LogP contribution in [0.4, 0.5) is 0 Å². The second kappa shape index (κ2) is 6.38. The normalized spacial score (nSPS) is 23.8. The first-order valence-corrected chi connectivity index (χ1v) is 7.46. The van der Waals surface area contributed by atoms with Crippen LogP contribution in [0.2, 0.25) is 0 Å². The summed E-state index contributed by atoms with van der Waals surface area (Å²) in [5.74, 6) is 2.45. The van der Waals surface area contributed by atoms with Gasteiger partial charge in [-0.15, -0.1) is 0 Å². The predicted molar refractivity (Wildman–Crippen MR) is 78.7 cm³/mol. The van der Waals surface area contributed by atoms with E-state index in [0.717, 1.165) is 18.4 Å². The lowest BCUT2D eigenvalue weighted by Gasteiger charge is -2.16. The lowest BCUT2D eigenvalue weighted by molar-refractivity contribution is 0.392. The van der Waals surface area contributed by atoms with Gasteiger partial charge in [0.15, 0.2) is 0 Å². The zero-order valence-electron chi connectivity index (χ0n) is 12.1. The van der Waals surface area contributed by atoms with Crippen molar-refractivity contribution < 1.29 is 0 Å². The highest BCUT2D eigenvalue weighted by Gasteiger charge is 2.22. The molecule has 18 heavy (non-hydrogen) atoms. The molecule has 0 bridgehead atoms. The van der Waals surface area contributed by atoms with Crippen molar-refractivity contribution in [3.8, 4) is 0 Å². The number of rotatable bonds is 5. The summed E-state index contributed by atoms with van der Waals surface area (Å²) in [6.07, 6.45) is 4.27. The highest BCUT2D eigenvalue weighted by molar-refractivity contribution is 5.24. The van der Waals surface area contributed by atoms with Crippen LogP contribution >= 0.6 is 0 Å². The minimum Gasteiger partial charge on any atom is -0.312 e. The van der Waals surface area contributed by atoms with Gasteiger partial charge in [-0.25, -0.2) is 0 Å². The second-order valence-corrected chi connectivity index (χ2v) is 6.20. The Hall–Kier alpha value is -0.820.